The summed E-state index contributed by atoms with van der Waals surface area (Å²) in [7, 11) is 2.02. The molecule has 0 bridgehead atoms. The summed E-state index contributed by atoms with van der Waals surface area (Å²) in [5, 5.41) is 3.07. The molecule has 1 N–H and O–H groups in total. The molecule has 3 heteroatoms. The zero-order chi connectivity index (χ0) is 5.98. The van der Waals surface area contributed by atoms with Crippen molar-refractivity contribution in [2.75, 3.05) is 0 Å². The minimum Gasteiger partial charge on any atom is -0.371 e. The standard InChI is InChI=1S/C5H9BN2/c1-4-7-2-5(6)3-8-4/h2-4,7H,6H2,1H3/t4-/m1/s1. The summed E-state index contributed by atoms with van der Waals surface area (Å²) in [6, 6.07) is 0. The number of nitrogens with zero attached hydrogens (tertiary/aromatic N) is 1. The lowest BCUT2D eigenvalue weighted by atomic mass is 9.98. The van der Waals surface area contributed by atoms with Gasteiger partial charge in [0.2, 0.25) is 0 Å². The van der Waals surface area contributed by atoms with Gasteiger partial charge in [-0.2, -0.15) is 0 Å². The molecule has 1 aliphatic heterocycles. The molecule has 1 heterocycles. The molecule has 0 radical (unpaired) electrons. The Morgan fingerprint density at radius 3 is 3.00 bits per heavy atom. The van der Waals surface area contributed by atoms with E-state index in [0.717, 1.165) is 0 Å². The average molecular weight is 108 g/mol. The molecule has 0 saturated heterocycles. The Kier molecular flexibility index (Phi) is 1.37. The molecular weight excluding hydrogens is 98.9 g/mol. The molecule has 8 heavy (non-hydrogen) atoms. The highest BCUT2D eigenvalue weighted by Crippen LogP contribution is 1.92. The van der Waals surface area contributed by atoms with Crippen LogP contribution in [-0.4, -0.2) is 20.2 Å². The van der Waals surface area contributed by atoms with Crippen LogP contribution in [0.1, 0.15) is 6.92 Å². The second kappa shape index (κ2) is 2.03. The molecule has 0 aromatic carbocycles. The Hall–Kier alpha value is -0.725. The number of aliphatic imine (C=N–C) groups is 1. The smallest absolute Gasteiger partial charge is 0.143 e. The van der Waals surface area contributed by atoms with Crippen molar-refractivity contribution in [3.05, 3.63) is 11.7 Å². The van der Waals surface area contributed by atoms with E-state index in [1.54, 1.807) is 0 Å². The third-order valence-electron chi connectivity index (χ3n) is 1.05. The summed E-state index contributed by atoms with van der Waals surface area (Å²) >= 11 is 0. The van der Waals surface area contributed by atoms with Crippen LogP contribution >= 0.6 is 0 Å². The van der Waals surface area contributed by atoms with Crippen molar-refractivity contribution in [2.24, 2.45) is 4.99 Å². The van der Waals surface area contributed by atoms with E-state index < -0.39 is 0 Å². The van der Waals surface area contributed by atoms with Gasteiger partial charge in [-0.25, -0.2) is 0 Å². The molecule has 42 valence electrons. The third-order valence-corrected chi connectivity index (χ3v) is 1.05. The van der Waals surface area contributed by atoms with E-state index in [1.807, 2.05) is 27.2 Å². The van der Waals surface area contributed by atoms with E-state index in [4.69, 9.17) is 0 Å². The Labute approximate surface area is 50.1 Å². The summed E-state index contributed by atoms with van der Waals surface area (Å²) in [5.41, 5.74) is 1.18. The van der Waals surface area contributed by atoms with Crippen LogP contribution in [0.3, 0.4) is 0 Å². The van der Waals surface area contributed by atoms with E-state index in [2.05, 4.69) is 10.3 Å². The average Bonchev–Trinajstić information content (AvgIpc) is 1.77. The van der Waals surface area contributed by atoms with Crippen LogP contribution in [-0.2, 0) is 0 Å². The first-order chi connectivity index (χ1) is 3.79. The van der Waals surface area contributed by atoms with Crippen LogP contribution in [0.5, 0.6) is 0 Å². The van der Waals surface area contributed by atoms with Gasteiger partial charge >= 0.3 is 0 Å². The number of rotatable bonds is 0. The van der Waals surface area contributed by atoms with Gasteiger partial charge in [0, 0.05) is 6.21 Å². The first kappa shape index (κ1) is 5.41. The van der Waals surface area contributed by atoms with E-state index in [1.165, 1.54) is 5.47 Å². The minimum atomic E-state index is 0.263. The van der Waals surface area contributed by atoms with Crippen molar-refractivity contribution < 1.29 is 0 Å². The Balaban J connectivity index is 2.58. The normalized spacial score (nSPS) is 26.6. The zero-order valence-corrected chi connectivity index (χ0v) is 5.18. The van der Waals surface area contributed by atoms with Crippen LogP contribution in [0.4, 0.5) is 0 Å². The molecule has 0 aliphatic carbocycles. The van der Waals surface area contributed by atoms with E-state index in [-0.39, 0.29) is 6.17 Å². The summed E-state index contributed by atoms with van der Waals surface area (Å²) in [6.45, 7) is 2.01. The lowest BCUT2D eigenvalue weighted by Crippen LogP contribution is -2.22. The number of hydrogen-bond acceptors (Lipinski definition) is 2. The monoisotopic (exact) mass is 108 g/mol. The SMILES string of the molecule is BC1=CN[C@@H](C)N=C1. The number of nitrogens with one attached hydrogen (secondary N) is 1. The summed E-state index contributed by atoms with van der Waals surface area (Å²) in [5.74, 6) is 0. The fraction of sp³-hybridized carbons (Fsp3) is 0.400. The van der Waals surface area contributed by atoms with Crippen LogP contribution in [0, 0.1) is 0 Å². The molecule has 0 fully saturated rings. The Bertz CT molecular complexity index is 139. The van der Waals surface area contributed by atoms with E-state index in [0.29, 0.717) is 0 Å². The van der Waals surface area contributed by atoms with E-state index >= 15 is 0 Å². The molecule has 0 amide bonds. The van der Waals surface area contributed by atoms with Gasteiger partial charge in [-0.1, -0.05) is 5.47 Å². The largest absolute Gasteiger partial charge is 0.371 e. The molecule has 1 aliphatic rings. The summed E-state index contributed by atoms with van der Waals surface area (Å²) < 4.78 is 0. The molecule has 0 spiro atoms. The number of allylic oxidation sites excluding steroid dienone is 1. The quantitative estimate of drug-likeness (QED) is 0.415. The number of hydrogen-bond donors (Lipinski definition) is 1. The fourth-order valence-corrected chi connectivity index (χ4v) is 0.562. The predicted octanol–water partition coefficient (Wildman–Crippen LogP) is -0.519. The van der Waals surface area contributed by atoms with Gasteiger partial charge in [0.05, 0.1) is 0 Å². The molecule has 0 aromatic heterocycles. The van der Waals surface area contributed by atoms with E-state index in [9.17, 15) is 0 Å². The molecule has 1 atom stereocenters. The predicted molar refractivity (Wildman–Crippen MR) is 37.7 cm³/mol. The van der Waals surface area contributed by atoms with Gasteiger partial charge in [0.15, 0.2) is 0 Å². The van der Waals surface area contributed by atoms with Crippen molar-refractivity contribution in [2.45, 2.75) is 13.1 Å². The van der Waals surface area contributed by atoms with Crippen molar-refractivity contribution >= 4 is 14.1 Å². The second-order valence-electron chi connectivity index (χ2n) is 2.01. The van der Waals surface area contributed by atoms with Gasteiger partial charge in [0.25, 0.3) is 0 Å². The highest BCUT2D eigenvalue weighted by atomic mass is 15.1. The molecule has 1 rings (SSSR count). The lowest BCUT2D eigenvalue weighted by molar-refractivity contribution is 0.668. The summed E-state index contributed by atoms with van der Waals surface area (Å²) in [6.07, 6.45) is 4.11. The Morgan fingerprint density at radius 2 is 2.62 bits per heavy atom. The van der Waals surface area contributed by atoms with Crippen molar-refractivity contribution in [3.8, 4) is 0 Å². The van der Waals surface area contributed by atoms with Crippen molar-refractivity contribution in [1.82, 2.24) is 5.32 Å². The molecule has 2 nitrogen and oxygen atoms in total. The maximum atomic E-state index is 4.11. The first-order valence-corrected chi connectivity index (χ1v) is 2.75. The van der Waals surface area contributed by atoms with Crippen LogP contribution in [0.2, 0.25) is 0 Å². The molecule has 0 saturated carbocycles. The van der Waals surface area contributed by atoms with Gasteiger partial charge in [0.1, 0.15) is 14.0 Å². The van der Waals surface area contributed by atoms with Gasteiger partial charge < -0.3 is 5.32 Å². The topological polar surface area (TPSA) is 24.4 Å². The second-order valence-corrected chi connectivity index (χ2v) is 2.01. The van der Waals surface area contributed by atoms with Gasteiger partial charge in [-0.15, -0.1) is 0 Å². The molecule has 0 unspecified atom stereocenters. The Morgan fingerprint density at radius 1 is 1.88 bits per heavy atom. The summed E-state index contributed by atoms with van der Waals surface area (Å²) in [4.78, 5) is 4.11. The zero-order valence-electron chi connectivity index (χ0n) is 5.18. The van der Waals surface area contributed by atoms with Crippen molar-refractivity contribution in [1.29, 1.82) is 0 Å². The first-order valence-electron chi connectivity index (χ1n) is 2.75. The minimum absolute atomic E-state index is 0.263. The fourth-order valence-electron chi connectivity index (χ4n) is 0.562. The van der Waals surface area contributed by atoms with Crippen LogP contribution < -0.4 is 5.32 Å². The van der Waals surface area contributed by atoms with Gasteiger partial charge in [-0.05, 0) is 13.1 Å². The lowest BCUT2D eigenvalue weighted by Gasteiger charge is -2.10. The molecular formula is C5H9BN2. The van der Waals surface area contributed by atoms with Crippen LogP contribution in [0.15, 0.2) is 16.7 Å². The van der Waals surface area contributed by atoms with Crippen molar-refractivity contribution in [3.63, 3.8) is 0 Å². The highest BCUT2D eigenvalue weighted by molar-refractivity contribution is 6.32. The third kappa shape index (κ3) is 1.12. The molecule has 0 aromatic rings. The maximum absolute atomic E-state index is 4.11. The highest BCUT2D eigenvalue weighted by Gasteiger charge is 1.96. The van der Waals surface area contributed by atoms with Crippen LogP contribution in [0.25, 0.3) is 0 Å². The van der Waals surface area contributed by atoms with Gasteiger partial charge in [-0.3, -0.25) is 4.99 Å². The maximum Gasteiger partial charge on any atom is 0.143 e.